The number of carbonyl (C=O) groups excluding carboxylic acids is 15. The molecular formula is C110H100N10O23S. The van der Waals surface area contributed by atoms with E-state index in [0.717, 1.165) is 131 Å². The van der Waals surface area contributed by atoms with Gasteiger partial charge in [-0.05, 0) is 166 Å². The molecule has 6 N–H and O–H groups in total. The Hall–Kier alpha value is -16.0. The number of benzene rings is 10. The summed E-state index contributed by atoms with van der Waals surface area (Å²) < 4.78 is 31.6. The van der Waals surface area contributed by atoms with E-state index in [1.165, 1.54) is 94.1 Å². The molecule has 5 atom stereocenters. The molecule has 0 spiro atoms. The van der Waals surface area contributed by atoms with E-state index in [0.29, 0.717) is 50.1 Å². The summed E-state index contributed by atoms with van der Waals surface area (Å²) in [5.74, 6) is -4.70. The Kier molecular flexibility index (Phi) is 32.3. The van der Waals surface area contributed by atoms with Crippen LogP contribution in [0.3, 0.4) is 0 Å². The highest BCUT2D eigenvalue weighted by atomic mass is 32.2. The van der Waals surface area contributed by atoms with Crippen molar-refractivity contribution in [2.45, 2.75) is 66.6 Å². The number of hydrogen-bond acceptors (Lipinski definition) is 24. The standard InChI is InChI=1S/C22H20N2O7S.4C22H20N2O4/c1-29-12-19-17-10-13(23-20(25)8-9-24-21(26)6-7-22(24)27)2-4-15(17)16-5-3-14(11-18(16)19)32-31-30-28;1-28-13-17-14-5-2-3-6-15(14)22-16(17)7-4-8-18(22)23-19(25)11-12-24-20(26)9-10-21(24)27;1-28-13-17-15-6-3-2-5-14(15)16-7-4-8-18(22(16)17)23-19(25)11-12-24-20(26)9-10-21(24)27;1-28-13-19-16-5-3-2-4-15(16)18-12-14(6-7-17(18)19)23-20(25)10-11-24-21(26)8-9-22(24)27;1-28-13-19-16-5-3-2-4-15(16)17-7-6-14(12-18(17)19)23-20(25)10-11-24-21(26)8-9-22(24)27/h2-7,10-11,19,28H,8-9,12H2,1H3,(H,23,25);2*2-10,17H,11-13H2,1H3,(H,23,25);2*2-9,12,19H,10-11,13H2,1H3,(H,23,25). The molecule has 34 heteroatoms. The molecule has 15 amide bonds. The number of hydrogen-bond donors (Lipinski definition) is 6. The molecule has 0 radical (unpaired) electrons. The van der Waals surface area contributed by atoms with Crippen LogP contribution in [-0.2, 0) is 105 Å². The largest absolute Gasteiger partial charge is 0.384 e. The van der Waals surface area contributed by atoms with Gasteiger partial charge in [-0.2, -0.15) is 0 Å². The Morgan fingerprint density at radius 3 is 0.965 bits per heavy atom. The van der Waals surface area contributed by atoms with Crippen LogP contribution in [0.4, 0.5) is 28.4 Å². The van der Waals surface area contributed by atoms with Gasteiger partial charge in [0.15, 0.2) is 0 Å². The third-order valence-corrected chi connectivity index (χ3v) is 26.5. The summed E-state index contributed by atoms with van der Waals surface area (Å²) in [6.45, 7) is 2.97. The summed E-state index contributed by atoms with van der Waals surface area (Å²) >= 11 is 0.887. The van der Waals surface area contributed by atoms with Crippen LogP contribution in [0, 0.1) is 0 Å². The first-order valence-corrected chi connectivity index (χ1v) is 47.1. The quantitative estimate of drug-likeness (QED) is 0.00963. The lowest BCUT2D eigenvalue weighted by Gasteiger charge is -2.18. The van der Waals surface area contributed by atoms with E-state index in [1.54, 1.807) is 35.5 Å². The summed E-state index contributed by atoms with van der Waals surface area (Å²) in [5, 5.41) is 26.5. The Morgan fingerprint density at radius 2 is 0.549 bits per heavy atom. The second-order valence-electron chi connectivity index (χ2n) is 34.6. The van der Waals surface area contributed by atoms with Crippen molar-refractivity contribution >= 4 is 129 Å². The monoisotopic (exact) mass is 1960 g/mol. The van der Waals surface area contributed by atoms with Gasteiger partial charge < -0.3 is 50.3 Å². The van der Waals surface area contributed by atoms with Crippen molar-refractivity contribution < 1.29 is 110 Å². The van der Waals surface area contributed by atoms with Gasteiger partial charge >= 0.3 is 0 Å². The van der Waals surface area contributed by atoms with Crippen LogP contribution in [0.2, 0.25) is 0 Å². The van der Waals surface area contributed by atoms with Crippen molar-refractivity contribution in [3.05, 3.63) is 323 Å². The lowest BCUT2D eigenvalue weighted by atomic mass is 9.96. The van der Waals surface area contributed by atoms with E-state index < -0.39 is 11.8 Å². The third kappa shape index (κ3) is 22.3. The summed E-state index contributed by atoms with van der Waals surface area (Å²) in [6, 6.07) is 67.6. The van der Waals surface area contributed by atoms with E-state index in [1.807, 2.05) is 158 Å². The molecule has 0 fully saturated rings. The summed E-state index contributed by atoms with van der Waals surface area (Å²) in [5.41, 5.74) is 25.8. The fourth-order valence-corrected chi connectivity index (χ4v) is 19.8. The molecular weight excluding hydrogens is 1860 g/mol. The fourth-order valence-electron chi connectivity index (χ4n) is 19.4. The Bertz CT molecular complexity index is 6880. The Labute approximate surface area is 831 Å². The second-order valence-corrected chi connectivity index (χ2v) is 35.4. The average molecular weight is 1960 g/mol. The van der Waals surface area contributed by atoms with E-state index in [-0.39, 0.29) is 171 Å². The van der Waals surface area contributed by atoms with Crippen molar-refractivity contribution in [3.8, 4) is 55.6 Å². The van der Waals surface area contributed by atoms with Gasteiger partial charge in [0.25, 0.3) is 59.1 Å². The maximum atomic E-state index is 12.5. The SMILES string of the molecule is COCC1c2cc(NC(=O)CCN3C(=O)C=CC3=O)ccc2-c2ccc(SOOO)cc21.COCC1c2ccccc2-c2c(NC(=O)CCN3C(=O)C=CC3=O)cccc21.COCC1c2ccccc2-c2cc(NC(=O)CCN3C(=O)C=CC3=O)ccc21.COCC1c2ccccc2-c2ccc(NC(=O)CCN3C(=O)C=CC3=O)cc21.COCC1c2ccccc2-c2cccc(NC(=O)CCN3C(=O)C=CC3=O)c21. The lowest BCUT2D eigenvalue weighted by molar-refractivity contribution is -0.432. The number of rotatable bonds is 33. The van der Waals surface area contributed by atoms with Crippen LogP contribution in [0.5, 0.6) is 0 Å². The molecule has 144 heavy (non-hydrogen) atoms. The number of imide groups is 5. The highest BCUT2D eigenvalue weighted by Crippen LogP contribution is 2.53. The predicted octanol–water partition coefficient (Wildman–Crippen LogP) is 13.9. The van der Waals surface area contributed by atoms with Crippen LogP contribution in [0.15, 0.2) is 272 Å². The van der Waals surface area contributed by atoms with Crippen LogP contribution in [0.1, 0.15) is 117 Å². The fraction of sp³-hybridized carbons (Fsp3) is 0.227. The van der Waals surface area contributed by atoms with Gasteiger partial charge in [0.05, 0.1) is 45.1 Å². The van der Waals surface area contributed by atoms with Gasteiger partial charge in [-0.25, -0.2) is 5.26 Å². The normalized spacial score (nSPS) is 16.9. The molecule has 0 saturated carbocycles. The molecule has 10 aromatic carbocycles. The van der Waals surface area contributed by atoms with Crippen LogP contribution in [-0.4, -0.2) is 220 Å². The van der Waals surface area contributed by atoms with Gasteiger partial charge in [-0.3, -0.25) is 96.4 Å². The van der Waals surface area contributed by atoms with Gasteiger partial charge in [-0.15, -0.1) is 4.33 Å². The highest BCUT2D eigenvalue weighted by molar-refractivity contribution is 7.94. The smallest absolute Gasteiger partial charge is 0.253 e. The first-order valence-electron chi connectivity index (χ1n) is 46.3. The minimum absolute atomic E-state index is 0.00544. The molecule has 0 saturated heterocycles. The van der Waals surface area contributed by atoms with Gasteiger partial charge in [0.1, 0.15) is 0 Å². The molecule has 5 aliphatic carbocycles. The lowest BCUT2D eigenvalue weighted by Crippen LogP contribution is -2.33. The second kappa shape index (κ2) is 46.1. The van der Waals surface area contributed by atoms with Crippen LogP contribution >= 0.6 is 12.0 Å². The molecule has 33 nitrogen and oxygen atoms in total. The van der Waals surface area contributed by atoms with Crippen molar-refractivity contribution in [1.82, 2.24) is 24.5 Å². The number of methoxy groups -OCH3 is 5. The first-order chi connectivity index (χ1) is 69.9. The highest BCUT2D eigenvalue weighted by Gasteiger charge is 2.38. The van der Waals surface area contributed by atoms with Crippen LogP contribution in [0.25, 0.3) is 55.6 Å². The zero-order chi connectivity index (χ0) is 101. The number of carbonyl (C=O) groups is 15. The maximum Gasteiger partial charge on any atom is 0.253 e. The minimum Gasteiger partial charge on any atom is -0.384 e. The van der Waals surface area contributed by atoms with E-state index >= 15 is 0 Å². The van der Waals surface area contributed by atoms with Crippen molar-refractivity contribution in [2.75, 3.05) is 128 Å². The Morgan fingerprint density at radius 1 is 0.271 bits per heavy atom. The average Bonchev–Trinajstić information content (AvgIpc) is 1.63. The minimum atomic E-state index is -0.408. The van der Waals surface area contributed by atoms with Crippen molar-refractivity contribution in [3.63, 3.8) is 0 Å². The van der Waals surface area contributed by atoms with Gasteiger partial charge in [0.2, 0.25) is 29.5 Å². The van der Waals surface area contributed by atoms with E-state index in [4.69, 9.17) is 28.9 Å². The number of amides is 15. The molecule has 10 aliphatic rings. The zero-order valence-electron chi connectivity index (χ0n) is 79.0. The Balaban J connectivity index is 0.000000129. The third-order valence-electron chi connectivity index (χ3n) is 25.9. The summed E-state index contributed by atoms with van der Waals surface area (Å²) in [6.07, 6.45) is 12.3. The molecule has 0 aromatic heterocycles. The zero-order valence-corrected chi connectivity index (χ0v) is 79.8. The number of anilines is 5. The molecule has 5 heterocycles. The molecule has 734 valence electrons. The van der Waals surface area contributed by atoms with Crippen molar-refractivity contribution in [1.29, 1.82) is 0 Å². The predicted molar refractivity (Wildman–Crippen MR) is 534 cm³/mol. The molecule has 10 aromatic rings. The number of ether oxygens (including phenoxy) is 5. The first kappa shape index (κ1) is 101. The molecule has 5 aliphatic heterocycles. The summed E-state index contributed by atoms with van der Waals surface area (Å²) in [7, 11) is 8.35. The maximum absolute atomic E-state index is 12.5. The molecule has 20 rings (SSSR count). The number of nitrogens with one attached hydrogen (secondary N) is 5. The number of fused-ring (bicyclic) bond motifs is 15. The van der Waals surface area contributed by atoms with Gasteiger partial charge in [0, 0.05) is 230 Å². The van der Waals surface area contributed by atoms with E-state index in [9.17, 15) is 71.9 Å². The molecule has 0 bridgehead atoms. The van der Waals surface area contributed by atoms with Gasteiger partial charge in [-0.1, -0.05) is 151 Å². The van der Waals surface area contributed by atoms with E-state index in [2.05, 4.69) is 84.5 Å². The van der Waals surface area contributed by atoms with Crippen molar-refractivity contribution in [2.24, 2.45) is 0 Å². The molecule has 5 unspecified atom stereocenters. The number of nitrogens with zero attached hydrogens (tertiary/aromatic N) is 5. The van der Waals surface area contributed by atoms with Crippen LogP contribution < -0.4 is 26.6 Å². The summed E-state index contributed by atoms with van der Waals surface area (Å²) in [4.78, 5) is 184. The topological polar surface area (TPSA) is 417 Å².